The summed E-state index contributed by atoms with van der Waals surface area (Å²) in [6.45, 7) is 5.58. The molecule has 5 heteroatoms. The average molecular weight is 365 g/mol. The molecular weight excluding hydrogens is 342 g/mol. The Balaban J connectivity index is 1.97. The van der Waals surface area contributed by atoms with Crippen LogP contribution in [0.1, 0.15) is 48.7 Å². The van der Waals surface area contributed by atoms with Crippen molar-refractivity contribution in [2.45, 2.75) is 39.2 Å². The first-order chi connectivity index (χ1) is 12.7. The lowest BCUT2D eigenvalue weighted by Crippen LogP contribution is -2.35. The maximum atomic E-state index is 13.0. The second-order valence-corrected chi connectivity index (χ2v) is 7.40. The molecule has 2 aromatic carbocycles. The standard InChI is InChI=1S/C22H23NO4/c1-14(24)11-20(25)16-7-10-18-19(12-16)23(21(26)22(18,2)3)13-15-5-8-17(27-4)9-6-15/h5-10,12H,11,13H2,1-4H3. The normalized spacial score (nSPS) is 14.8. The molecule has 0 fully saturated rings. The molecule has 0 unspecified atom stereocenters. The van der Waals surface area contributed by atoms with Crippen LogP contribution >= 0.6 is 0 Å². The Labute approximate surface area is 158 Å². The smallest absolute Gasteiger partial charge is 0.237 e. The van der Waals surface area contributed by atoms with Crippen LogP contribution < -0.4 is 9.64 Å². The van der Waals surface area contributed by atoms with E-state index in [1.165, 1.54) is 6.92 Å². The van der Waals surface area contributed by atoms with E-state index in [2.05, 4.69) is 0 Å². The summed E-state index contributed by atoms with van der Waals surface area (Å²) in [5, 5.41) is 0. The fraction of sp³-hybridized carbons (Fsp3) is 0.318. The van der Waals surface area contributed by atoms with Crippen LogP contribution in [-0.2, 0) is 21.5 Å². The van der Waals surface area contributed by atoms with Gasteiger partial charge >= 0.3 is 0 Å². The molecule has 0 spiro atoms. The van der Waals surface area contributed by atoms with E-state index in [9.17, 15) is 14.4 Å². The zero-order valence-corrected chi connectivity index (χ0v) is 16.0. The summed E-state index contributed by atoms with van der Waals surface area (Å²) in [4.78, 5) is 38.3. The van der Waals surface area contributed by atoms with Crippen molar-refractivity contribution in [1.29, 1.82) is 0 Å². The van der Waals surface area contributed by atoms with E-state index in [0.717, 1.165) is 22.6 Å². The van der Waals surface area contributed by atoms with Gasteiger partial charge in [0.05, 0.1) is 25.5 Å². The van der Waals surface area contributed by atoms with E-state index in [-0.39, 0.29) is 23.9 Å². The van der Waals surface area contributed by atoms with Crippen LogP contribution in [-0.4, -0.2) is 24.6 Å². The van der Waals surface area contributed by atoms with Crippen LogP contribution in [0.15, 0.2) is 42.5 Å². The first kappa shape index (κ1) is 18.8. The highest BCUT2D eigenvalue weighted by Crippen LogP contribution is 2.42. The molecule has 1 aliphatic heterocycles. The Morgan fingerprint density at radius 3 is 2.33 bits per heavy atom. The molecule has 0 N–H and O–H groups in total. The highest BCUT2D eigenvalue weighted by molar-refractivity contribution is 6.11. The Kier molecular flexibility index (Phi) is 4.87. The molecule has 3 rings (SSSR count). The number of Topliss-reactive ketones (excluding diaryl/α,β-unsaturated/α-hetero) is 2. The Morgan fingerprint density at radius 1 is 1.07 bits per heavy atom. The topological polar surface area (TPSA) is 63.7 Å². The van der Waals surface area contributed by atoms with Gasteiger partial charge < -0.3 is 9.64 Å². The number of carbonyl (C=O) groups is 3. The molecule has 0 radical (unpaired) electrons. The number of ether oxygens (including phenoxy) is 1. The van der Waals surface area contributed by atoms with Gasteiger partial charge in [-0.05, 0) is 50.1 Å². The number of benzene rings is 2. The molecule has 0 atom stereocenters. The van der Waals surface area contributed by atoms with E-state index in [0.29, 0.717) is 12.1 Å². The quantitative estimate of drug-likeness (QED) is 0.579. The number of rotatable bonds is 6. The third-order valence-electron chi connectivity index (χ3n) is 4.97. The van der Waals surface area contributed by atoms with E-state index < -0.39 is 5.41 Å². The zero-order valence-electron chi connectivity index (χ0n) is 16.0. The zero-order chi connectivity index (χ0) is 19.8. The van der Waals surface area contributed by atoms with E-state index in [1.54, 1.807) is 24.1 Å². The van der Waals surface area contributed by atoms with E-state index in [1.807, 2.05) is 44.2 Å². The van der Waals surface area contributed by atoms with Crippen LogP contribution in [0, 0.1) is 0 Å². The highest BCUT2D eigenvalue weighted by Gasteiger charge is 2.43. The molecule has 27 heavy (non-hydrogen) atoms. The van der Waals surface area contributed by atoms with Gasteiger partial charge in [0.25, 0.3) is 0 Å². The van der Waals surface area contributed by atoms with Crippen LogP contribution in [0.2, 0.25) is 0 Å². The fourth-order valence-corrected chi connectivity index (χ4v) is 3.42. The first-order valence-electron chi connectivity index (χ1n) is 8.86. The molecular formula is C22H23NO4. The van der Waals surface area contributed by atoms with Crippen molar-refractivity contribution in [2.24, 2.45) is 0 Å². The van der Waals surface area contributed by atoms with Gasteiger partial charge in [-0.15, -0.1) is 0 Å². The Bertz CT molecular complexity index is 912. The van der Waals surface area contributed by atoms with Gasteiger partial charge in [0, 0.05) is 11.3 Å². The maximum absolute atomic E-state index is 13.0. The summed E-state index contributed by atoms with van der Waals surface area (Å²) in [7, 11) is 1.61. The van der Waals surface area contributed by atoms with Gasteiger partial charge in [-0.1, -0.05) is 24.3 Å². The van der Waals surface area contributed by atoms with E-state index in [4.69, 9.17) is 4.74 Å². The van der Waals surface area contributed by atoms with Gasteiger partial charge in [-0.2, -0.15) is 0 Å². The van der Waals surface area contributed by atoms with Crippen LogP contribution in [0.5, 0.6) is 5.75 Å². The number of nitrogens with zero attached hydrogens (tertiary/aromatic N) is 1. The second-order valence-electron chi connectivity index (χ2n) is 7.40. The largest absolute Gasteiger partial charge is 0.497 e. The summed E-state index contributed by atoms with van der Waals surface area (Å²) in [5.74, 6) is 0.340. The Hall–Kier alpha value is -2.95. The lowest BCUT2D eigenvalue weighted by molar-refractivity contribution is -0.122. The number of hydrogen-bond donors (Lipinski definition) is 0. The van der Waals surface area contributed by atoms with Crippen LogP contribution in [0.3, 0.4) is 0 Å². The summed E-state index contributed by atoms with van der Waals surface area (Å²) in [6, 6.07) is 12.8. The number of ketones is 2. The third kappa shape index (κ3) is 3.50. The van der Waals surface area contributed by atoms with Gasteiger partial charge in [-0.25, -0.2) is 0 Å². The first-order valence-corrected chi connectivity index (χ1v) is 8.86. The van der Waals surface area contributed by atoms with Crippen molar-refractivity contribution in [1.82, 2.24) is 0 Å². The van der Waals surface area contributed by atoms with Crippen LogP contribution in [0.25, 0.3) is 0 Å². The van der Waals surface area contributed by atoms with Gasteiger partial charge in [-0.3, -0.25) is 14.4 Å². The van der Waals surface area contributed by atoms with Gasteiger partial charge in [0.2, 0.25) is 5.91 Å². The summed E-state index contributed by atoms with van der Waals surface area (Å²) in [6.07, 6.45) is -0.130. The highest BCUT2D eigenvalue weighted by atomic mass is 16.5. The van der Waals surface area contributed by atoms with Crippen molar-refractivity contribution in [3.05, 3.63) is 59.2 Å². The minimum absolute atomic E-state index is 0.00974. The van der Waals surface area contributed by atoms with Gasteiger partial charge in [0.1, 0.15) is 11.5 Å². The van der Waals surface area contributed by atoms with Crippen molar-refractivity contribution >= 4 is 23.2 Å². The summed E-state index contributed by atoms with van der Waals surface area (Å²) >= 11 is 0. The molecule has 0 bridgehead atoms. The summed E-state index contributed by atoms with van der Waals surface area (Å²) in [5.41, 5.74) is 2.38. The minimum Gasteiger partial charge on any atom is -0.497 e. The number of methoxy groups -OCH3 is 1. The minimum atomic E-state index is -0.663. The molecule has 1 heterocycles. The molecule has 0 saturated carbocycles. The lowest BCUT2D eigenvalue weighted by atomic mass is 9.85. The maximum Gasteiger partial charge on any atom is 0.237 e. The summed E-state index contributed by atoms with van der Waals surface area (Å²) < 4.78 is 5.18. The molecule has 1 amide bonds. The van der Waals surface area contributed by atoms with Gasteiger partial charge in [0.15, 0.2) is 5.78 Å². The SMILES string of the molecule is COc1ccc(CN2C(=O)C(C)(C)c3ccc(C(=O)CC(C)=O)cc32)cc1. The number of amides is 1. The number of anilines is 1. The van der Waals surface area contributed by atoms with E-state index >= 15 is 0 Å². The molecule has 0 aliphatic carbocycles. The predicted octanol–water partition coefficient (Wildman–Crippen LogP) is 3.68. The number of fused-ring (bicyclic) bond motifs is 1. The molecule has 2 aromatic rings. The van der Waals surface area contributed by atoms with Crippen molar-refractivity contribution in [2.75, 3.05) is 12.0 Å². The van der Waals surface area contributed by atoms with Crippen molar-refractivity contribution in [3.8, 4) is 5.75 Å². The number of carbonyl (C=O) groups excluding carboxylic acids is 3. The lowest BCUT2D eigenvalue weighted by Gasteiger charge is -2.20. The molecule has 0 aromatic heterocycles. The molecule has 1 aliphatic rings. The number of hydrogen-bond acceptors (Lipinski definition) is 4. The average Bonchev–Trinajstić information content (AvgIpc) is 2.82. The Morgan fingerprint density at radius 2 is 1.74 bits per heavy atom. The monoisotopic (exact) mass is 365 g/mol. The van der Waals surface area contributed by atoms with Crippen molar-refractivity contribution < 1.29 is 19.1 Å². The van der Waals surface area contributed by atoms with Crippen molar-refractivity contribution in [3.63, 3.8) is 0 Å². The molecule has 5 nitrogen and oxygen atoms in total. The molecule has 140 valence electrons. The fourth-order valence-electron chi connectivity index (χ4n) is 3.42. The van der Waals surface area contributed by atoms with Crippen LogP contribution in [0.4, 0.5) is 5.69 Å². The third-order valence-corrected chi connectivity index (χ3v) is 4.97. The second kappa shape index (κ2) is 6.99. The predicted molar refractivity (Wildman–Crippen MR) is 103 cm³/mol. The molecule has 0 saturated heterocycles.